The highest BCUT2D eigenvalue weighted by molar-refractivity contribution is 7.89. The third kappa shape index (κ3) is 7.77. The second-order valence-electron chi connectivity index (χ2n) is 10.2. The van der Waals surface area contributed by atoms with E-state index in [2.05, 4.69) is 10.6 Å². The number of piperidine rings is 1. The number of rotatable bonds is 9. The van der Waals surface area contributed by atoms with Gasteiger partial charge in [0.2, 0.25) is 21.8 Å². The highest BCUT2D eigenvalue weighted by atomic mass is 32.2. The van der Waals surface area contributed by atoms with Crippen LogP contribution in [0.25, 0.3) is 0 Å². The molecule has 0 aliphatic carbocycles. The number of carbonyl (C=O) groups excluding carboxylic acids is 2. The number of nitrogens with one attached hydrogen (secondary N) is 2. The van der Waals surface area contributed by atoms with Crippen LogP contribution in [0.15, 0.2) is 53.4 Å². The Balaban J connectivity index is 1.56. The Morgan fingerprint density at radius 1 is 1.07 bits per heavy atom. The maximum absolute atomic E-state index is 13.6. The summed E-state index contributed by atoms with van der Waals surface area (Å²) in [6.45, 7) is 0.976. The van der Waals surface area contributed by atoms with Crippen LogP contribution in [-0.2, 0) is 36.9 Å². The smallest absolute Gasteiger partial charge is 0.416 e. The van der Waals surface area contributed by atoms with Crippen molar-refractivity contribution in [3.63, 3.8) is 0 Å². The predicted octanol–water partition coefficient (Wildman–Crippen LogP) is 3.28. The maximum atomic E-state index is 13.6. The number of hydrogen-bond acceptors (Lipinski definition) is 6. The van der Waals surface area contributed by atoms with Crippen LogP contribution in [0, 0.1) is 0 Å². The van der Waals surface area contributed by atoms with Crippen LogP contribution in [0.5, 0.6) is 5.75 Å². The summed E-state index contributed by atoms with van der Waals surface area (Å²) in [4.78, 5) is 26.4. The Morgan fingerprint density at radius 3 is 2.44 bits per heavy atom. The van der Waals surface area contributed by atoms with Gasteiger partial charge < -0.3 is 20.1 Å². The molecule has 0 aromatic heterocycles. The van der Waals surface area contributed by atoms with Crippen molar-refractivity contribution >= 4 is 21.8 Å². The molecule has 2 aliphatic rings. The van der Waals surface area contributed by atoms with Gasteiger partial charge in [-0.15, -0.1) is 0 Å². The fourth-order valence-electron chi connectivity index (χ4n) is 5.04. The van der Waals surface area contributed by atoms with E-state index in [4.69, 9.17) is 9.47 Å². The zero-order valence-corrected chi connectivity index (χ0v) is 23.5. The minimum Gasteiger partial charge on any atom is -0.497 e. The highest BCUT2D eigenvalue weighted by Crippen LogP contribution is 2.32. The summed E-state index contributed by atoms with van der Waals surface area (Å²) >= 11 is 0. The average Bonchev–Trinajstić information content (AvgIpc) is 2.97. The molecule has 0 saturated carbocycles. The minimum atomic E-state index is -4.73. The Labute approximate surface area is 237 Å². The predicted molar refractivity (Wildman–Crippen MR) is 144 cm³/mol. The number of sulfonamides is 1. The summed E-state index contributed by atoms with van der Waals surface area (Å²) in [6.07, 6.45) is -2.18. The molecule has 13 heteroatoms. The second-order valence-corrected chi connectivity index (χ2v) is 12.1. The van der Waals surface area contributed by atoms with Gasteiger partial charge in [0.25, 0.3) is 0 Å². The van der Waals surface area contributed by atoms with Gasteiger partial charge in [-0.05, 0) is 61.6 Å². The van der Waals surface area contributed by atoms with Gasteiger partial charge in [0.05, 0.1) is 17.6 Å². The summed E-state index contributed by atoms with van der Waals surface area (Å²) in [5.41, 5.74) is -0.351. The molecule has 2 heterocycles. The van der Waals surface area contributed by atoms with Gasteiger partial charge in [-0.3, -0.25) is 9.59 Å². The van der Waals surface area contributed by atoms with Crippen molar-refractivity contribution in [1.82, 2.24) is 14.9 Å². The highest BCUT2D eigenvalue weighted by Gasteiger charge is 2.40. The van der Waals surface area contributed by atoms with Crippen molar-refractivity contribution in [3.8, 4) is 5.75 Å². The van der Waals surface area contributed by atoms with E-state index in [-0.39, 0.29) is 25.4 Å². The lowest BCUT2D eigenvalue weighted by Gasteiger charge is -2.35. The summed E-state index contributed by atoms with van der Waals surface area (Å²) in [7, 11) is -2.91. The summed E-state index contributed by atoms with van der Waals surface area (Å²) in [5, 5.41) is 5.70. The van der Waals surface area contributed by atoms with Crippen molar-refractivity contribution in [2.45, 2.75) is 67.7 Å². The largest absolute Gasteiger partial charge is 0.497 e. The first-order chi connectivity index (χ1) is 19.5. The van der Waals surface area contributed by atoms with Crippen LogP contribution in [0.1, 0.15) is 43.2 Å². The normalized spacial score (nSPS) is 19.8. The van der Waals surface area contributed by atoms with Crippen molar-refractivity contribution in [1.29, 1.82) is 0 Å². The van der Waals surface area contributed by atoms with Crippen LogP contribution in [0.2, 0.25) is 0 Å². The number of alkyl halides is 3. The molecule has 2 aromatic rings. The van der Waals surface area contributed by atoms with Crippen LogP contribution in [0.3, 0.4) is 0 Å². The van der Waals surface area contributed by atoms with Gasteiger partial charge in [0.1, 0.15) is 17.8 Å². The molecule has 2 amide bonds. The molecule has 2 atom stereocenters. The number of ether oxygens (including phenoxy) is 2. The number of halogens is 3. The molecule has 0 radical (unpaired) electrons. The first-order valence-electron chi connectivity index (χ1n) is 13.5. The van der Waals surface area contributed by atoms with Crippen LogP contribution >= 0.6 is 0 Å². The van der Waals surface area contributed by atoms with Crippen LogP contribution in [-0.4, -0.2) is 69.5 Å². The molecule has 0 unspecified atom stereocenters. The van der Waals surface area contributed by atoms with Crippen molar-refractivity contribution in [2.24, 2.45) is 0 Å². The molecule has 2 aliphatic heterocycles. The number of benzene rings is 2. The third-order valence-corrected chi connectivity index (χ3v) is 9.23. The Hall–Kier alpha value is -3.16. The number of nitrogens with zero attached hydrogens (tertiary/aromatic N) is 1. The van der Waals surface area contributed by atoms with Crippen molar-refractivity contribution in [3.05, 3.63) is 59.7 Å². The topological polar surface area (TPSA) is 114 Å². The quantitative estimate of drug-likeness (QED) is 0.459. The van der Waals surface area contributed by atoms with Gasteiger partial charge in [-0.2, -0.15) is 17.5 Å². The van der Waals surface area contributed by atoms with E-state index in [1.165, 1.54) is 7.11 Å². The van der Waals surface area contributed by atoms with Crippen molar-refractivity contribution < 1.29 is 40.7 Å². The Morgan fingerprint density at radius 2 is 1.78 bits per heavy atom. The molecule has 224 valence electrons. The third-order valence-electron chi connectivity index (χ3n) is 7.32. The van der Waals surface area contributed by atoms with Crippen LogP contribution < -0.4 is 15.4 Å². The lowest BCUT2D eigenvalue weighted by atomic mass is 10.0. The fourth-order valence-corrected chi connectivity index (χ4v) is 6.74. The fraction of sp³-hybridized carbons (Fsp3) is 0.500. The molecule has 2 N–H and O–H groups in total. The van der Waals surface area contributed by atoms with Gasteiger partial charge >= 0.3 is 6.18 Å². The van der Waals surface area contributed by atoms with Gasteiger partial charge in [0.15, 0.2) is 0 Å². The summed E-state index contributed by atoms with van der Waals surface area (Å²) in [6, 6.07) is 8.16. The summed E-state index contributed by atoms with van der Waals surface area (Å²) in [5.74, 6) is -0.469. The van der Waals surface area contributed by atoms with Gasteiger partial charge in [-0.25, -0.2) is 8.42 Å². The minimum absolute atomic E-state index is 0.0336. The second kappa shape index (κ2) is 13.2. The van der Waals surface area contributed by atoms with E-state index in [1.807, 2.05) is 0 Å². The number of amides is 2. The molecule has 2 saturated heterocycles. The monoisotopic (exact) mass is 597 g/mol. The van der Waals surface area contributed by atoms with E-state index in [9.17, 15) is 31.2 Å². The standard InChI is InChI=1S/C28H34F3N3O6S/c1-39-22-10-8-19(9-11-22)17-24(26(35)32-21-12-15-40-16-13-21)33-27(36)25-7-2-3-14-34(25)41(37,38)23-6-4-5-20(18-23)28(29,30)31/h4-6,8-11,18,21,24-25H,2-3,7,12-17H2,1H3,(H,32,35)(H,33,36)/t24-,25-/m0/s1. The molecule has 2 fully saturated rings. The summed E-state index contributed by atoms with van der Waals surface area (Å²) < 4.78 is 78.3. The SMILES string of the molecule is COc1ccc(C[C@H](NC(=O)[C@@H]2CCCCN2S(=O)(=O)c2cccc(C(F)(F)F)c2)C(=O)NC2CCOCC2)cc1. The average molecular weight is 598 g/mol. The number of carbonyl (C=O) groups is 2. The van der Waals surface area contributed by atoms with Crippen molar-refractivity contribution in [2.75, 3.05) is 26.9 Å². The number of methoxy groups -OCH3 is 1. The first-order valence-corrected chi connectivity index (χ1v) is 14.9. The molecule has 41 heavy (non-hydrogen) atoms. The van der Waals surface area contributed by atoms with E-state index in [1.54, 1.807) is 24.3 Å². The van der Waals surface area contributed by atoms with Gasteiger partial charge in [0, 0.05) is 32.2 Å². The number of hydrogen-bond donors (Lipinski definition) is 2. The first kappa shape index (κ1) is 30.8. The van der Waals surface area contributed by atoms with Crippen LogP contribution in [0.4, 0.5) is 13.2 Å². The molecule has 9 nitrogen and oxygen atoms in total. The Bertz CT molecular complexity index is 1310. The maximum Gasteiger partial charge on any atom is 0.416 e. The molecule has 0 spiro atoms. The zero-order valence-electron chi connectivity index (χ0n) is 22.7. The molecular weight excluding hydrogens is 563 g/mol. The van der Waals surface area contributed by atoms with E-state index in [0.717, 1.165) is 28.1 Å². The van der Waals surface area contributed by atoms with E-state index < -0.39 is 50.6 Å². The van der Waals surface area contributed by atoms with E-state index >= 15 is 0 Å². The van der Waals surface area contributed by atoms with Gasteiger partial charge in [-0.1, -0.05) is 24.6 Å². The molecule has 0 bridgehead atoms. The molecular formula is C28H34F3N3O6S. The Kier molecular flexibility index (Phi) is 9.92. The zero-order chi connectivity index (χ0) is 29.6. The van der Waals surface area contributed by atoms with E-state index in [0.29, 0.717) is 50.7 Å². The lowest BCUT2D eigenvalue weighted by Crippen LogP contribution is -2.57. The molecule has 2 aromatic carbocycles. The lowest BCUT2D eigenvalue weighted by molar-refractivity contribution is -0.137. The molecule has 4 rings (SSSR count).